The average molecular weight is 423 g/mol. The normalized spacial score (nSPS) is 12.4. The first-order chi connectivity index (χ1) is 13.8. The summed E-state index contributed by atoms with van der Waals surface area (Å²) >= 11 is 0.994. The maximum Gasteiger partial charge on any atom is 0.416 e. The van der Waals surface area contributed by atoms with E-state index in [0.29, 0.717) is 11.3 Å². The van der Waals surface area contributed by atoms with Crippen molar-refractivity contribution >= 4 is 23.4 Å². The van der Waals surface area contributed by atoms with E-state index in [4.69, 9.17) is 9.15 Å². The van der Waals surface area contributed by atoms with Crippen molar-refractivity contribution in [2.75, 3.05) is 12.4 Å². The zero-order valence-electron chi connectivity index (χ0n) is 15.4. The largest absolute Gasteiger partial charge is 0.496 e. The van der Waals surface area contributed by atoms with Gasteiger partial charge in [-0.15, -0.1) is 10.2 Å². The van der Waals surface area contributed by atoms with Crippen molar-refractivity contribution in [1.82, 2.24) is 10.2 Å². The number of hydrogen-bond acceptors (Lipinski definition) is 6. The number of halogens is 3. The van der Waals surface area contributed by atoms with Gasteiger partial charge in [0.25, 0.3) is 11.1 Å². The first-order valence-corrected chi connectivity index (χ1v) is 9.27. The minimum absolute atomic E-state index is 0.0533. The Morgan fingerprint density at radius 3 is 2.66 bits per heavy atom. The second kappa shape index (κ2) is 8.56. The molecule has 6 nitrogen and oxygen atoms in total. The number of rotatable bonds is 6. The van der Waals surface area contributed by atoms with E-state index in [9.17, 15) is 18.0 Å². The van der Waals surface area contributed by atoms with Gasteiger partial charge in [0.2, 0.25) is 5.91 Å². The Bertz CT molecular complexity index is 1010. The van der Waals surface area contributed by atoms with E-state index in [-0.39, 0.29) is 16.8 Å². The first kappa shape index (κ1) is 20.7. The Morgan fingerprint density at radius 2 is 1.93 bits per heavy atom. The third kappa shape index (κ3) is 5.08. The van der Waals surface area contributed by atoms with Gasteiger partial charge < -0.3 is 14.5 Å². The molecule has 3 aromatic rings. The predicted molar refractivity (Wildman–Crippen MR) is 102 cm³/mol. The van der Waals surface area contributed by atoms with Gasteiger partial charge in [0.05, 0.1) is 23.5 Å². The minimum Gasteiger partial charge on any atom is -0.496 e. The van der Waals surface area contributed by atoms with Crippen LogP contribution in [0.15, 0.2) is 58.2 Å². The minimum atomic E-state index is -4.49. The number of nitrogens with one attached hydrogen (secondary N) is 1. The van der Waals surface area contributed by atoms with Gasteiger partial charge in [-0.3, -0.25) is 4.79 Å². The summed E-state index contributed by atoms with van der Waals surface area (Å²) in [6.07, 6.45) is -4.49. The van der Waals surface area contributed by atoms with Gasteiger partial charge in [-0.05, 0) is 37.3 Å². The van der Waals surface area contributed by atoms with Crippen LogP contribution in [0, 0.1) is 0 Å². The Kier molecular flexibility index (Phi) is 6.12. The van der Waals surface area contributed by atoms with Crippen LogP contribution in [0.4, 0.5) is 18.9 Å². The lowest BCUT2D eigenvalue weighted by Gasteiger charge is -2.12. The van der Waals surface area contributed by atoms with Gasteiger partial charge in [0.1, 0.15) is 5.75 Å². The fraction of sp³-hybridized carbons (Fsp3) is 0.211. The highest BCUT2D eigenvalue weighted by molar-refractivity contribution is 8.00. The molecule has 0 spiro atoms. The summed E-state index contributed by atoms with van der Waals surface area (Å²) in [5.41, 5.74) is -0.179. The van der Waals surface area contributed by atoms with Crippen molar-refractivity contribution in [3.8, 4) is 17.2 Å². The van der Waals surface area contributed by atoms with E-state index >= 15 is 0 Å². The number of hydrogen-bond donors (Lipinski definition) is 1. The summed E-state index contributed by atoms with van der Waals surface area (Å²) in [5.74, 6) is 0.296. The van der Waals surface area contributed by atoms with Crippen LogP contribution in [0.5, 0.6) is 5.75 Å². The molecular formula is C19H16F3N3O3S. The molecule has 1 unspecified atom stereocenters. The molecule has 0 bridgehead atoms. The second-order valence-electron chi connectivity index (χ2n) is 5.90. The summed E-state index contributed by atoms with van der Waals surface area (Å²) < 4.78 is 49.2. The molecule has 1 amide bonds. The maximum atomic E-state index is 12.8. The van der Waals surface area contributed by atoms with Crippen molar-refractivity contribution in [3.63, 3.8) is 0 Å². The van der Waals surface area contributed by atoms with Gasteiger partial charge in [-0.1, -0.05) is 30.0 Å². The van der Waals surface area contributed by atoms with E-state index < -0.39 is 22.9 Å². The molecule has 0 fully saturated rings. The lowest BCUT2D eigenvalue weighted by atomic mass is 10.2. The summed E-state index contributed by atoms with van der Waals surface area (Å²) in [4.78, 5) is 12.3. The van der Waals surface area contributed by atoms with Gasteiger partial charge >= 0.3 is 6.18 Å². The van der Waals surface area contributed by atoms with Crippen molar-refractivity contribution in [2.45, 2.75) is 23.6 Å². The number of methoxy groups -OCH3 is 1. The number of anilines is 1. The highest BCUT2D eigenvalue weighted by atomic mass is 32.2. The first-order valence-electron chi connectivity index (χ1n) is 8.39. The molecular weight excluding hydrogens is 407 g/mol. The molecule has 1 atom stereocenters. The number of alkyl halides is 3. The number of carbonyl (C=O) groups excluding carboxylic acids is 1. The Morgan fingerprint density at radius 1 is 1.17 bits per heavy atom. The monoisotopic (exact) mass is 423 g/mol. The number of ether oxygens (including phenoxy) is 1. The third-order valence-electron chi connectivity index (χ3n) is 3.85. The Labute approximate surface area is 168 Å². The average Bonchev–Trinajstić information content (AvgIpc) is 3.15. The predicted octanol–water partition coefficient (Wildman–Crippen LogP) is 4.88. The van der Waals surface area contributed by atoms with Crippen LogP contribution in [-0.2, 0) is 11.0 Å². The van der Waals surface area contributed by atoms with Crippen molar-refractivity contribution < 1.29 is 27.1 Å². The van der Waals surface area contributed by atoms with Gasteiger partial charge in [0, 0.05) is 5.69 Å². The number of para-hydroxylation sites is 1. The van der Waals surface area contributed by atoms with E-state index in [1.165, 1.54) is 19.2 Å². The van der Waals surface area contributed by atoms with E-state index in [2.05, 4.69) is 15.5 Å². The van der Waals surface area contributed by atoms with Crippen LogP contribution < -0.4 is 10.1 Å². The van der Waals surface area contributed by atoms with Crippen LogP contribution in [-0.4, -0.2) is 28.5 Å². The molecule has 152 valence electrons. The number of amides is 1. The van der Waals surface area contributed by atoms with Crippen LogP contribution in [0.1, 0.15) is 12.5 Å². The molecule has 29 heavy (non-hydrogen) atoms. The molecule has 1 aromatic heterocycles. The lowest BCUT2D eigenvalue weighted by Crippen LogP contribution is -2.22. The molecule has 10 heteroatoms. The third-order valence-corrected chi connectivity index (χ3v) is 4.78. The number of carbonyl (C=O) groups is 1. The SMILES string of the molecule is COc1ccccc1-c1nnc(SC(C)C(=O)Nc2cccc(C(F)(F)F)c2)o1. The summed E-state index contributed by atoms with van der Waals surface area (Å²) in [6, 6.07) is 11.5. The van der Waals surface area contributed by atoms with Crippen molar-refractivity contribution in [1.29, 1.82) is 0 Å². The van der Waals surface area contributed by atoms with Crippen molar-refractivity contribution in [2.24, 2.45) is 0 Å². The van der Waals surface area contributed by atoms with Gasteiger partial charge in [-0.2, -0.15) is 13.2 Å². The summed E-state index contributed by atoms with van der Waals surface area (Å²) in [7, 11) is 1.52. The molecule has 0 aliphatic heterocycles. The fourth-order valence-electron chi connectivity index (χ4n) is 2.41. The highest BCUT2D eigenvalue weighted by Crippen LogP contribution is 2.33. The molecule has 0 aliphatic carbocycles. The van der Waals surface area contributed by atoms with Crippen LogP contribution in [0.3, 0.4) is 0 Å². The quantitative estimate of drug-likeness (QED) is 0.569. The number of aromatic nitrogens is 2. The van der Waals surface area contributed by atoms with E-state index in [1.54, 1.807) is 31.2 Å². The smallest absolute Gasteiger partial charge is 0.416 e. The molecule has 2 aromatic carbocycles. The fourth-order valence-corrected chi connectivity index (χ4v) is 3.09. The maximum absolute atomic E-state index is 12.8. The summed E-state index contributed by atoms with van der Waals surface area (Å²) in [6.45, 7) is 1.58. The molecule has 0 radical (unpaired) electrons. The Balaban J connectivity index is 1.67. The number of benzene rings is 2. The standard InChI is InChI=1S/C19H16F3N3O3S/c1-11(16(26)23-13-7-5-6-12(10-13)19(20,21)22)29-18-25-24-17(28-18)14-8-3-4-9-15(14)27-2/h3-11H,1-2H3,(H,23,26). The molecule has 0 saturated heterocycles. The molecule has 1 heterocycles. The zero-order valence-corrected chi connectivity index (χ0v) is 16.2. The molecule has 1 N–H and O–H groups in total. The lowest BCUT2D eigenvalue weighted by molar-refractivity contribution is -0.137. The number of thioether (sulfide) groups is 1. The van der Waals surface area contributed by atoms with Crippen LogP contribution in [0.25, 0.3) is 11.5 Å². The van der Waals surface area contributed by atoms with Crippen LogP contribution in [0.2, 0.25) is 0 Å². The summed E-state index contributed by atoms with van der Waals surface area (Å²) in [5, 5.41) is 9.79. The zero-order chi connectivity index (χ0) is 21.0. The van der Waals surface area contributed by atoms with E-state index in [0.717, 1.165) is 23.9 Å². The molecule has 3 rings (SSSR count). The number of nitrogens with zero attached hydrogens (tertiary/aromatic N) is 2. The van der Waals surface area contributed by atoms with Gasteiger partial charge in [0.15, 0.2) is 0 Å². The van der Waals surface area contributed by atoms with Crippen molar-refractivity contribution in [3.05, 3.63) is 54.1 Å². The van der Waals surface area contributed by atoms with Crippen LogP contribution >= 0.6 is 11.8 Å². The molecule has 0 aliphatic rings. The van der Waals surface area contributed by atoms with E-state index in [1.807, 2.05) is 0 Å². The topological polar surface area (TPSA) is 77.2 Å². The van der Waals surface area contributed by atoms with Gasteiger partial charge in [-0.25, -0.2) is 0 Å². The highest BCUT2D eigenvalue weighted by Gasteiger charge is 2.30. The second-order valence-corrected chi connectivity index (χ2v) is 7.19. The Hall–Kier alpha value is -3.01. The molecule has 0 saturated carbocycles.